The molecule has 0 amide bonds. The smallest absolute Gasteiger partial charge is 0.128 e. The lowest BCUT2D eigenvalue weighted by molar-refractivity contribution is 0.539. The SMILES string of the molecule is NNC(c1cn[nH]n1)c1cc(F)ccc1F. The van der Waals surface area contributed by atoms with Gasteiger partial charge in [-0.2, -0.15) is 15.4 Å². The van der Waals surface area contributed by atoms with Crippen LogP contribution in [0.1, 0.15) is 17.3 Å². The van der Waals surface area contributed by atoms with Crippen LogP contribution in [-0.4, -0.2) is 15.4 Å². The lowest BCUT2D eigenvalue weighted by Gasteiger charge is -2.14. The normalized spacial score (nSPS) is 12.7. The van der Waals surface area contributed by atoms with Gasteiger partial charge in [0.15, 0.2) is 0 Å². The van der Waals surface area contributed by atoms with Crippen LogP contribution in [0.5, 0.6) is 0 Å². The van der Waals surface area contributed by atoms with Crippen LogP contribution in [-0.2, 0) is 0 Å². The zero-order chi connectivity index (χ0) is 11.5. The van der Waals surface area contributed by atoms with Gasteiger partial charge >= 0.3 is 0 Å². The van der Waals surface area contributed by atoms with Crippen molar-refractivity contribution in [3.05, 3.63) is 47.3 Å². The first kappa shape index (κ1) is 10.7. The molecule has 84 valence electrons. The van der Waals surface area contributed by atoms with Crippen LogP contribution in [0.2, 0.25) is 0 Å². The standard InChI is InChI=1S/C9H9F2N5/c10-5-1-2-7(11)6(3-5)9(14-12)8-4-13-16-15-8/h1-4,9,14H,12H2,(H,13,15,16). The van der Waals surface area contributed by atoms with Gasteiger partial charge in [0.1, 0.15) is 17.3 Å². The fourth-order valence-electron chi connectivity index (χ4n) is 1.42. The molecule has 0 aliphatic rings. The average molecular weight is 225 g/mol. The van der Waals surface area contributed by atoms with Crippen molar-refractivity contribution in [3.8, 4) is 0 Å². The molecule has 5 nitrogen and oxygen atoms in total. The number of H-pyrrole nitrogens is 1. The van der Waals surface area contributed by atoms with Crippen molar-refractivity contribution in [2.45, 2.75) is 6.04 Å². The topological polar surface area (TPSA) is 79.6 Å². The molecule has 0 saturated heterocycles. The summed E-state index contributed by atoms with van der Waals surface area (Å²) in [6.45, 7) is 0. The number of nitrogens with zero attached hydrogens (tertiary/aromatic N) is 2. The Morgan fingerprint density at radius 2 is 2.19 bits per heavy atom. The van der Waals surface area contributed by atoms with Crippen LogP contribution in [0.3, 0.4) is 0 Å². The van der Waals surface area contributed by atoms with Crippen LogP contribution in [0.4, 0.5) is 8.78 Å². The summed E-state index contributed by atoms with van der Waals surface area (Å²) in [5, 5.41) is 9.72. The number of aromatic nitrogens is 3. The van der Waals surface area contributed by atoms with Gasteiger partial charge in [0.2, 0.25) is 0 Å². The van der Waals surface area contributed by atoms with Crippen LogP contribution >= 0.6 is 0 Å². The predicted octanol–water partition coefficient (Wildman–Crippen LogP) is 0.636. The van der Waals surface area contributed by atoms with Gasteiger partial charge in [-0.05, 0) is 18.2 Å². The largest absolute Gasteiger partial charge is 0.271 e. The van der Waals surface area contributed by atoms with E-state index >= 15 is 0 Å². The molecule has 0 bridgehead atoms. The summed E-state index contributed by atoms with van der Waals surface area (Å²) >= 11 is 0. The Hall–Kier alpha value is -1.86. The summed E-state index contributed by atoms with van der Waals surface area (Å²) in [5.74, 6) is 4.19. The molecule has 1 heterocycles. The molecule has 1 unspecified atom stereocenters. The number of aromatic amines is 1. The minimum absolute atomic E-state index is 0.0800. The highest BCUT2D eigenvalue weighted by molar-refractivity contribution is 5.28. The molecule has 4 N–H and O–H groups in total. The summed E-state index contributed by atoms with van der Waals surface area (Å²) in [6, 6.07) is 2.40. The second kappa shape index (κ2) is 4.33. The van der Waals surface area contributed by atoms with Gasteiger partial charge in [0.25, 0.3) is 0 Å². The van der Waals surface area contributed by atoms with E-state index in [0.717, 1.165) is 18.2 Å². The minimum atomic E-state index is -0.741. The van der Waals surface area contributed by atoms with E-state index in [9.17, 15) is 8.78 Å². The van der Waals surface area contributed by atoms with Crippen LogP contribution in [0.15, 0.2) is 24.4 Å². The molecule has 0 spiro atoms. The Morgan fingerprint density at radius 3 is 2.81 bits per heavy atom. The maximum atomic E-state index is 13.5. The molecule has 0 aliphatic heterocycles. The molecule has 0 aliphatic carbocycles. The Balaban J connectivity index is 2.44. The van der Waals surface area contributed by atoms with E-state index in [1.807, 2.05) is 0 Å². The first-order chi connectivity index (χ1) is 7.72. The fourth-order valence-corrected chi connectivity index (χ4v) is 1.42. The van der Waals surface area contributed by atoms with Crippen molar-refractivity contribution < 1.29 is 8.78 Å². The van der Waals surface area contributed by atoms with E-state index in [1.165, 1.54) is 6.20 Å². The number of nitrogens with one attached hydrogen (secondary N) is 2. The van der Waals surface area contributed by atoms with Crippen molar-refractivity contribution >= 4 is 0 Å². The molecule has 0 saturated carbocycles. The fraction of sp³-hybridized carbons (Fsp3) is 0.111. The number of nitrogens with two attached hydrogens (primary N) is 1. The van der Waals surface area contributed by atoms with E-state index in [0.29, 0.717) is 5.69 Å². The van der Waals surface area contributed by atoms with E-state index in [2.05, 4.69) is 20.8 Å². The maximum absolute atomic E-state index is 13.5. The molecular formula is C9H9F2N5. The second-order valence-electron chi connectivity index (χ2n) is 3.16. The highest BCUT2D eigenvalue weighted by Crippen LogP contribution is 2.22. The van der Waals surface area contributed by atoms with Gasteiger partial charge in [-0.15, -0.1) is 0 Å². The van der Waals surface area contributed by atoms with Crippen molar-refractivity contribution in [1.82, 2.24) is 20.8 Å². The molecular weight excluding hydrogens is 216 g/mol. The number of halogens is 2. The van der Waals surface area contributed by atoms with Gasteiger partial charge in [0, 0.05) is 5.56 Å². The van der Waals surface area contributed by atoms with Gasteiger partial charge in [-0.25, -0.2) is 14.2 Å². The minimum Gasteiger partial charge on any atom is -0.271 e. The molecule has 1 atom stereocenters. The zero-order valence-electron chi connectivity index (χ0n) is 8.11. The average Bonchev–Trinajstić information content (AvgIpc) is 2.78. The lowest BCUT2D eigenvalue weighted by atomic mass is 10.0. The Bertz CT molecular complexity index is 471. The van der Waals surface area contributed by atoms with E-state index in [1.54, 1.807) is 0 Å². The second-order valence-corrected chi connectivity index (χ2v) is 3.16. The Labute approximate surface area is 89.6 Å². The summed E-state index contributed by atoms with van der Waals surface area (Å²) in [7, 11) is 0. The van der Waals surface area contributed by atoms with Crippen molar-refractivity contribution in [1.29, 1.82) is 0 Å². The monoisotopic (exact) mass is 225 g/mol. The Kier molecular flexibility index (Phi) is 2.88. The van der Waals surface area contributed by atoms with Crippen LogP contribution in [0.25, 0.3) is 0 Å². The highest BCUT2D eigenvalue weighted by Gasteiger charge is 2.19. The number of hydrogen-bond donors (Lipinski definition) is 3. The molecule has 0 fully saturated rings. The predicted molar refractivity (Wildman–Crippen MR) is 51.9 cm³/mol. The molecule has 1 aromatic carbocycles. The third-order valence-electron chi connectivity index (χ3n) is 2.17. The molecule has 7 heteroatoms. The number of benzene rings is 1. The van der Waals surface area contributed by atoms with Crippen molar-refractivity contribution in [2.24, 2.45) is 5.84 Å². The van der Waals surface area contributed by atoms with E-state index < -0.39 is 17.7 Å². The molecule has 2 rings (SSSR count). The number of hydrogen-bond acceptors (Lipinski definition) is 4. The zero-order valence-corrected chi connectivity index (χ0v) is 8.11. The third-order valence-corrected chi connectivity index (χ3v) is 2.17. The van der Waals surface area contributed by atoms with Crippen LogP contribution in [0, 0.1) is 11.6 Å². The summed E-state index contributed by atoms with van der Waals surface area (Å²) in [5.41, 5.74) is 2.82. The molecule has 2 aromatic rings. The third kappa shape index (κ3) is 1.90. The summed E-state index contributed by atoms with van der Waals surface area (Å²) in [4.78, 5) is 0. The highest BCUT2D eigenvalue weighted by atomic mass is 19.1. The van der Waals surface area contributed by atoms with Gasteiger partial charge in [-0.1, -0.05) is 0 Å². The molecule has 1 aromatic heterocycles. The van der Waals surface area contributed by atoms with E-state index in [4.69, 9.17) is 5.84 Å². The number of hydrazine groups is 1. The van der Waals surface area contributed by atoms with Gasteiger partial charge in [0.05, 0.1) is 12.2 Å². The first-order valence-electron chi connectivity index (χ1n) is 4.49. The molecule has 16 heavy (non-hydrogen) atoms. The number of rotatable bonds is 3. The Morgan fingerprint density at radius 1 is 1.38 bits per heavy atom. The van der Waals surface area contributed by atoms with Gasteiger partial charge in [-0.3, -0.25) is 5.84 Å². The van der Waals surface area contributed by atoms with Gasteiger partial charge < -0.3 is 0 Å². The van der Waals surface area contributed by atoms with E-state index in [-0.39, 0.29) is 5.56 Å². The maximum Gasteiger partial charge on any atom is 0.128 e. The quantitative estimate of drug-likeness (QED) is 0.529. The van der Waals surface area contributed by atoms with Crippen molar-refractivity contribution in [3.63, 3.8) is 0 Å². The lowest BCUT2D eigenvalue weighted by Crippen LogP contribution is -2.30. The van der Waals surface area contributed by atoms with Crippen molar-refractivity contribution in [2.75, 3.05) is 0 Å². The molecule has 0 radical (unpaired) electrons. The van der Waals surface area contributed by atoms with Crippen LogP contribution < -0.4 is 11.3 Å². The summed E-state index contributed by atoms with van der Waals surface area (Å²) in [6.07, 6.45) is 1.38. The summed E-state index contributed by atoms with van der Waals surface area (Å²) < 4.78 is 26.5. The first-order valence-corrected chi connectivity index (χ1v) is 4.49.